The first-order chi connectivity index (χ1) is 21.9. The van der Waals surface area contributed by atoms with Gasteiger partial charge in [0.05, 0.1) is 52.5 Å². The third kappa shape index (κ3) is 6.41. The smallest absolute Gasteiger partial charge is 0.338 e. The normalized spacial score (nSPS) is 14.5. The fourth-order valence-electron chi connectivity index (χ4n) is 4.87. The Bertz CT molecular complexity index is 2170. The number of nitro benzene ring substituents is 1. The van der Waals surface area contributed by atoms with Gasteiger partial charge in [0.15, 0.2) is 21.5 Å². The van der Waals surface area contributed by atoms with Crippen LogP contribution in [0.15, 0.2) is 76.8 Å². The zero-order chi connectivity index (χ0) is 33.3. The number of fused-ring (bicyclic) bond motifs is 1. The minimum absolute atomic E-state index is 0.114. The van der Waals surface area contributed by atoms with Gasteiger partial charge in [0.1, 0.15) is 0 Å². The van der Waals surface area contributed by atoms with Crippen LogP contribution in [-0.2, 0) is 9.53 Å². The number of nitrogens with zero attached hydrogens (tertiary/aromatic N) is 4. The molecule has 0 amide bonds. The SMILES string of the molecule is CCOC(=O)C1=C(C)N=c2s/c(=C/c3ccc(Sc4nc(C)cc(=O)[nH]4)c([N+](=O)[O-])c3)c(=O)n2[C@H]1c1cc(OC)c(OC)cc1Br. The van der Waals surface area contributed by atoms with Gasteiger partial charge in [0.2, 0.25) is 0 Å². The molecule has 0 aliphatic carbocycles. The molecule has 2 aromatic heterocycles. The molecule has 1 atom stereocenters. The highest BCUT2D eigenvalue weighted by molar-refractivity contribution is 9.10. The van der Waals surface area contributed by atoms with Crippen LogP contribution in [0.25, 0.3) is 6.08 Å². The average Bonchev–Trinajstić information content (AvgIpc) is 3.30. The van der Waals surface area contributed by atoms with Crippen LogP contribution in [0, 0.1) is 17.0 Å². The summed E-state index contributed by atoms with van der Waals surface area (Å²) in [7, 11) is 2.98. The van der Waals surface area contributed by atoms with Crippen LogP contribution in [-0.4, -0.2) is 46.3 Å². The molecule has 13 nitrogen and oxygen atoms in total. The topological polar surface area (TPSA) is 168 Å². The second-order valence-electron chi connectivity index (χ2n) is 9.81. The van der Waals surface area contributed by atoms with E-state index in [2.05, 4.69) is 30.9 Å². The predicted octanol–water partition coefficient (Wildman–Crippen LogP) is 4.03. The van der Waals surface area contributed by atoms with E-state index in [0.29, 0.717) is 43.3 Å². The van der Waals surface area contributed by atoms with Crippen LogP contribution in [0.4, 0.5) is 5.69 Å². The quantitative estimate of drug-likeness (QED) is 0.115. The van der Waals surface area contributed by atoms with Gasteiger partial charge in [-0.1, -0.05) is 33.3 Å². The number of methoxy groups -OCH3 is 2. The number of nitrogens with one attached hydrogen (secondary N) is 1. The van der Waals surface area contributed by atoms with E-state index in [-0.39, 0.29) is 38.0 Å². The maximum atomic E-state index is 14.1. The van der Waals surface area contributed by atoms with Crippen molar-refractivity contribution in [3.8, 4) is 11.5 Å². The summed E-state index contributed by atoms with van der Waals surface area (Å²) in [5, 5.41) is 12.2. The number of H-pyrrole nitrogens is 1. The summed E-state index contributed by atoms with van der Waals surface area (Å²) < 4.78 is 18.5. The standard InChI is InChI=1S/C30H26BrN5O8S2/c1-6-44-28(39)25-15(3)33-30-35(26(25)17-12-20(42-4)21(43-5)13-18(17)31)27(38)23(46-30)11-16-7-8-22(19(10-16)36(40)41)45-29-32-14(2)9-24(37)34-29/h7-13,26H,6H2,1-5H3,(H,32,34,37)/b23-11+/t26-/m0/s1. The van der Waals surface area contributed by atoms with Crippen molar-refractivity contribution >= 4 is 56.8 Å². The minimum atomic E-state index is -0.941. The Morgan fingerprint density at radius 1 is 1.17 bits per heavy atom. The lowest BCUT2D eigenvalue weighted by Gasteiger charge is -2.26. The van der Waals surface area contributed by atoms with Gasteiger partial charge < -0.3 is 19.2 Å². The van der Waals surface area contributed by atoms with Crippen molar-refractivity contribution < 1.29 is 23.9 Å². The number of hydrogen-bond donors (Lipinski definition) is 1. The van der Waals surface area contributed by atoms with Crippen LogP contribution >= 0.6 is 39.0 Å². The third-order valence-corrected chi connectivity index (χ3v) is 9.47. The van der Waals surface area contributed by atoms with Gasteiger partial charge in [-0.25, -0.2) is 14.8 Å². The molecular formula is C30H26BrN5O8S2. The minimum Gasteiger partial charge on any atom is -0.493 e. The van der Waals surface area contributed by atoms with E-state index in [1.807, 2.05) is 0 Å². The van der Waals surface area contributed by atoms with Gasteiger partial charge in [0, 0.05) is 22.3 Å². The number of rotatable bonds is 9. The molecule has 1 N–H and O–H groups in total. The zero-order valence-corrected chi connectivity index (χ0v) is 28.3. The Hall–Kier alpha value is -4.54. The Morgan fingerprint density at radius 3 is 2.54 bits per heavy atom. The van der Waals surface area contributed by atoms with Gasteiger partial charge in [0.25, 0.3) is 16.8 Å². The molecular weight excluding hydrogens is 702 g/mol. The van der Waals surface area contributed by atoms with E-state index in [4.69, 9.17) is 14.2 Å². The van der Waals surface area contributed by atoms with Crippen LogP contribution in [0.5, 0.6) is 11.5 Å². The van der Waals surface area contributed by atoms with E-state index < -0.39 is 22.5 Å². The van der Waals surface area contributed by atoms with Gasteiger partial charge >= 0.3 is 5.97 Å². The zero-order valence-electron chi connectivity index (χ0n) is 25.1. The molecule has 46 heavy (non-hydrogen) atoms. The number of allylic oxidation sites excluding steroid dienone is 1. The fourth-order valence-corrected chi connectivity index (χ4v) is 7.38. The molecule has 0 fully saturated rings. The molecule has 3 heterocycles. The number of benzene rings is 2. The van der Waals surface area contributed by atoms with Crippen molar-refractivity contribution in [2.45, 2.75) is 36.9 Å². The Labute approximate surface area is 277 Å². The van der Waals surface area contributed by atoms with E-state index in [1.165, 1.54) is 43.1 Å². The molecule has 2 aromatic carbocycles. The first-order valence-electron chi connectivity index (χ1n) is 13.6. The van der Waals surface area contributed by atoms with Crippen molar-refractivity contribution in [1.29, 1.82) is 0 Å². The predicted molar refractivity (Wildman–Crippen MR) is 174 cm³/mol. The molecule has 238 valence electrons. The molecule has 1 aliphatic heterocycles. The second-order valence-corrected chi connectivity index (χ2v) is 12.7. The van der Waals surface area contributed by atoms with Gasteiger partial charge in [-0.2, -0.15) is 0 Å². The highest BCUT2D eigenvalue weighted by Gasteiger charge is 2.35. The molecule has 0 radical (unpaired) electrons. The van der Waals surface area contributed by atoms with Crippen molar-refractivity contribution in [3.05, 3.63) is 109 Å². The molecule has 0 saturated heterocycles. The van der Waals surface area contributed by atoms with Crippen LogP contribution in [0.2, 0.25) is 0 Å². The lowest BCUT2D eigenvalue weighted by molar-refractivity contribution is -0.387. The van der Waals surface area contributed by atoms with E-state index >= 15 is 0 Å². The van der Waals surface area contributed by atoms with E-state index in [0.717, 1.165) is 23.1 Å². The molecule has 0 bridgehead atoms. The summed E-state index contributed by atoms with van der Waals surface area (Å²) in [4.78, 5) is 62.7. The number of carbonyl (C=O) groups excluding carboxylic acids is 1. The van der Waals surface area contributed by atoms with Crippen molar-refractivity contribution in [1.82, 2.24) is 14.5 Å². The monoisotopic (exact) mass is 727 g/mol. The number of hydrogen-bond acceptors (Lipinski definition) is 12. The summed E-state index contributed by atoms with van der Waals surface area (Å²) >= 11 is 5.60. The fraction of sp³-hybridized carbons (Fsp3) is 0.233. The number of carbonyl (C=O) groups is 1. The molecule has 0 unspecified atom stereocenters. The molecule has 5 rings (SSSR count). The van der Waals surface area contributed by atoms with Crippen LogP contribution in [0.1, 0.15) is 36.7 Å². The van der Waals surface area contributed by atoms with E-state index in [9.17, 15) is 24.5 Å². The first-order valence-corrected chi connectivity index (χ1v) is 16.0. The van der Waals surface area contributed by atoms with Crippen LogP contribution in [0.3, 0.4) is 0 Å². The Balaban J connectivity index is 1.67. The van der Waals surface area contributed by atoms with Crippen LogP contribution < -0.4 is 29.9 Å². The summed E-state index contributed by atoms with van der Waals surface area (Å²) in [6.45, 7) is 5.12. The number of aryl methyl sites for hydroxylation is 1. The van der Waals surface area contributed by atoms with Gasteiger partial charge in [-0.15, -0.1) is 0 Å². The number of halogens is 1. The Morgan fingerprint density at radius 2 is 1.89 bits per heavy atom. The summed E-state index contributed by atoms with van der Waals surface area (Å²) in [6, 6.07) is 8.24. The molecule has 0 saturated carbocycles. The van der Waals surface area contributed by atoms with Crippen molar-refractivity contribution in [3.63, 3.8) is 0 Å². The molecule has 0 spiro atoms. The Kier molecular flexibility index (Phi) is 9.60. The number of nitro groups is 1. The summed E-state index contributed by atoms with van der Waals surface area (Å²) in [5.41, 5.74) is 0.867. The largest absolute Gasteiger partial charge is 0.493 e. The number of thiazole rings is 1. The molecule has 16 heteroatoms. The highest BCUT2D eigenvalue weighted by atomic mass is 79.9. The second kappa shape index (κ2) is 13.4. The maximum Gasteiger partial charge on any atom is 0.338 e. The number of aromatic amines is 1. The van der Waals surface area contributed by atoms with Crippen molar-refractivity contribution in [2.75, 3.05) is 20.8 Å². The molecule has 1 aliphatic rings. The van der Waals surface area contributed by atoms with E-state index in [1.54, 1.807) is 39.0 Å². The van der Waals surface area contributed by atoms with Crippen molar-refractivity contribution in [2.24, 2.45) is 4.99 Å². The van der Waals surface area contributed by atoms with Gasteiger partial charge in [-0.3, -0.25) is 24.3 Å². The average molecular weight is 729 g/mol. The lowest BCUT2D eigenvalue weighted by Crippen LogP contribution is -2.40. The molecule has 4 aromatic rings. The first kappa shape index (κ1) is 32.8. The summed E-state index contributed by atoms with van der Waals surface area (Å²) in [5.74, 6) is 0.199. The highest BCUT2D eigenvalue weighted by Crippen LogP contribution is 2.41. The number of ether oxygens (including phenoxy) is 3. The van der Waals surface area contributed by atoms with Gasteiger partial charge in [-0.05, 0) is 67.9 Å². The lowest BCUT2D eigenvalue weighted by atomic mass is 9.95. The number of esters is 1. The number of aromatic nitrogens is 3. The maximum absolute atomic E-state index is 14.1. The third-order valence-electron chi connectivity index (χ3n) is 6.85. The summed E-state index contributed by atoms with van der Waals surface area (Å²) in [6.07, 6.45) is 1.53.